The second-order valence-corrected chi connectivity index (χ2v) is 6.43. The fourth-order valence-electron chi connectivity index (χ4n) is 2.35. The van der Waals surface area contributed by atoms with Gasteiger partial charge in [0.25, 0.3) is 0 Å². The number of halogens is 1. The molecule has 2 aromatic carbocycles. The summed E-state index contributed by atoms with van der Waals surface area (Å²) in [6, 6.07) is 14.7. The number of imidazole rings is 1. The smallest absolute Gasteiger partial charge is 0.205 e. The minimum atomic E-state index is 0.527. The molecule has 0 atom stereocenters. The van der Waals surface area contributed by atoms with Crippen molar-refractivity contribution < 1.29 is 0 Å². The van der Waals surface area contributed by atoms with Gasteiger partial charge in [0.15, 0.2) is 0 Å². The van der Waals surface area contributed by atoms with Gasteiger partial charge < -0.3 is 5.73 Å². The molecule has 0 aliphatic heterocycles. The van der Waals surface area contributed by atoms with Crippen molar-refractivity contribution >= 4 is 39.6 Å². The van der Waals surface area contributed by atoms with Crippen LogP contribution >= 0.6 is 22.6 Å². The van der Waals surface area contributed by atoms with Crippen molar-refractivity contribution in [3.8, 4) is 5.69 Å². The van der Waals surface area contributed by atoms with Gasteiger partial charge in [-0.3, -0.25) is 4.57 Å². The lowest BCUT2D eigenvalue weighted by molar-refractivity contribution is 0.865. The van der Waals surface area contributed by atoms with E-state index >= 15 is 0 Å². The number of aromatic nitrogens is 2. The molecular weight excluding hydrogens is 361 g/mol. The lowest BCUT2D eigenvalue weighted by Gasteiger charge is -2.09. The van der Waals surface area contributed by atoms with E-state index in [9.17, 15) is 0 Å². The maximum atomic E-state index is 6.08. The minimum Gasteiger partial charge on any atom is -0.369 e. The first kappa shape index (κ1) is 13.4. The largest absolute Gasteiger partial charge is 0.369 e. The highest BCUT2D eigenvalue weighted by molar-refractivity contribution is 14.1. The van der Waals surface area contributed by atoms with E-state index in [0.717, 1.165) is 20.3 Å². The van der Waals surface area contributed by atoms with Crippen LogP contribution in [0, 0.1) is 3.57 Å². The molecule has 3 rings (SSSR count). The summed E-state index contributed by atoms with van der Waals surface area (Å²) in [5, 5.41) is 0. The van der Waals surface area contributed by atoms with E-state index in [-0.39, 0.29) is 0 Å². The van der Waals surface area contributed by atoms with E-state index < -0.39 is 0 Å². The third-order valence-electron chi connectivity index (χ3n) is 3.46. The molecule has 0 saturated heterocycles. The molecule has 0 bridgehead atoms. The van der Waals surface area contributed by atoms with Crippen LogP contribution in [-0.4, -0.2) is 9.55 Å². The van der Waals surface area contributed by atoms with E-state index in [4.69, 9.17) is 5.73 Å². The molecule has 0 amide bonds. The highest BCUT2D eigenvalue weighted by atomic mass is 127. The quantitative estimate of drug-likeness (QED) is 0.676. The summed E-state index contributed by atoms with van der Waals surface area (Å²) in [5.74, 6) is 1.06. The van der Waals surface area contributed by atoms with Gasteiger partial charge in [-0.25, -0.2) is 4.98 Å². The van der Waals surface area contributed by atoms with Gasteiger partial charge >= 0.3 is 0 Å². The van der Waals surface area contributed by atoms with Crippen molar-refractivity contribution in [1.82, 2.24) is 9.55 Å². The Morgan fingerprint density at radius 2 is 1.80 bits per heavy atom. The lowest BCUT2D eigenvalue weighted by atomic mass is 10.0. The molecule has 0 aliphatic rings. The Hall–Kier alpha value is -1.56. The zero-order chi connectivity index (χ0) is 14.3. The van der Waals surface area contributed by atoms with E-state index in [1.54, 1.807) is 0 Å². The van der Waals surface area contributed by atoms with Crippen molar-refractivity contribution in [2.75, 3.05) is 5.73 Å². The van der Waals surface area contributed by atoms with Gasteiger partial charge in [0.2, 0.25) is 5.95 Å². The van der Waals surface area contributed by atoms with Crippen LogP contribution in [0.5, 0.6) is 0 Å². The monoisotopic (exact) mass is 377 g/mol. The molecule has 102 valence electrons. The summed E-state index contributed by atoms with van der Waals surface area (Å²) < 4.78 is 3.16. The fraction of sp³-hybridized carbons (Fsp3) is 0.188. The second kappa shape index (κ2) is 5.09. The summed E-state index contributed by atoms with van der Waals surface area (Å²) in [6.07, 6.45) is 0. The number of benzene rings is 2. The number of rotatable bonds is 2. The third-order valence-corrected chi connectivity index (χ3v) is 4.13. The number of nitrogens with zero attached hydrogens (tertiary/aromatic N) is 2. The Kier molecular flexibility index (Phi) is 3.41. The Morgan fingerprint density at radius 3 is 2.45 bits per heavy atom. The third kappa shape index (κ3) is 2.28. The minimum absolute atomic E-state index is 0.527. The van der Waals surface area contributed by atoms with E-state index in [1.165, 1.54) is 5.56 Å². The second-order valence-electron chi connectivity index (χ2n) is 5.18. The zero-order valence-electron chi connectivity index (χ0n) is 11.5. The first-order valence-electron chi connectivity index (χ1n) is 6.60. The number of nitrogen functional groups attached to an aromatic ring is 1. The van der Waals surface area contributed by atoms with Gasteiger partial charge in [0.1, 0.15) is 0 Å². The molecule has 4 heteroatoms. The molecule has 3 aromatic rings. The number of hydrogen-bond acceptors (Lipinski definition) is 2. The summed E-state index contributed by atoms with van der Waals surface area (Å²) in [5.41, 5.74) is 10.4. The first-order valence-corrected chi connectivity index (χ1v) is 7.68. The fourth-order valence-corrected chi connectivity index (χ4v) is 2.83. The van der Waals surface area contributed by atoms with Crippen LogP contribution in [0.2, 0.25) is 0 Å². The van der Waals surface area contributed by atoms with Gasteiger partial charge in [-0.1, -0.05) is 26.0 Å². The van der Waals surface area contributed by atoms with Gasteiger partial charge in [-0.15, -0.1) is 0 Å². The average molecular weight is 377 g/mol. The molecule has 3 nitrogen and oxygen atoms in total. The highest BCUT2D eigenvalue weighted by Gasteiger charge is 2.10. The number of hydrogen-bond donors (Lipinski definition) is 1. The Bertz CT molecular complexity index is 757. The maximum absolute atomic E-state index is 6.08. The molecule has 0 aliphatic carbocycles. The van der Waals surface area contributed by atoms with Crippen LogP contribution in [0.15, 0.2) is 42.5 Å². The Morgan fingerprint density at radius 1 is 1.10 bits per heavy atom. The molecular formula is C16H16IN3. The van der Waals surface area contributed by atoms with Gasteiger partial charge in [0, 0.05) is 9.26 Å². The highest BCUT2D eigenvalue weighted by Crippen LogP contribution is 2.25. The molecule has 0 saturated carbocycles. The number of nitrogens with two attached hydrogens (primary N) is 1. The van der Waals surface area contributed by atoms with Crippen LogP contribution in [0.4, 0.5) is 5.95 Å². The summed E-state index contributed by atoms with van der Waals surface area (Å²) in [4.78, 5) is 4.44. The van der Waals surface area contributed by atoms with Gasteiger partial charge in [0.05, 0.1) is 11.0 Å². The zero-order valence-corrected chi connectivity index (χ0v) is 13.6. The molecule has 20 heavy (non-hydrogen) atoms. The average Bonchev–Trinajstić information content (AvgIpc) is 2.73. The van der Waals surface area contributed by atoms with Crippen molar-refractivity contribution in [3.05, 3.63) is 51.6 Å². The number of fused-ring (bicyclic) bond motifs is 1. The summed E-state index contributed by atoms with van der Waals surface area (Å²) in [6.45, 7) is 4.38. The molecule has 0 fully saturated rings. The molecule has 1 heterocycles. The molecule has 0 spiro atoms. The van der Waals surface area contributed by atoms with E-state index in [2.05, 4.69) is 77.8 Å². The molecule has 2 N–H and O–H groups in total. The van der Waals surface area contributed by atoms with Crippen molar-refractivity contribution in [3.63, 3.8) is 0 Å². The predicted octanol–water partition coefficient (Wildman–Crippen LogP) is 4.34. The lowest BCUT2D eigenvalue weighted by Crippen LogP contribution is -2.00. The van der Waals surface area contributed by atoms with Crippen LogP contribution in [0.1, 0.15) is 25.3 Å². The van der Waals surface area contributed by atoms with Gasteiger partial charge in [-0.2, -0.15) is 0 Å². The summed E-state index contributed by atoms with van der Waals surface area (Å²) >= 11 is 2.28. The standard InChI is InChI=1S/C16H16IN3/c1-10(2)11-3-6-13(7-4-11)20-15-8-5-12(17)9-14(15)19-16(20)18/h3-10H,1-2H3,(H2,18,19). The normalized spacial score (nSPS) is 11.4. The van der Waals surface area contributed by atoms with Crippen molar-refractivity contribution in [2.24, 2.45) is 0 Å². The molecule has 1 aromatic heterocycles. The predicted molar refractivity (Wildman–Crippen MR) is 92.3 cm³/mol. The van der Waals surface area contributed by atoms with E-state index in [0.29, 0.717) is 11.9 Å². The van der Waals surface area contributed by atoms with Crippen LogP contribution in [0.3, 0.4) is 0 Å². The maximum Gasteiger partial charge on any atom is 0.205 e. The van der Waals surface area contributed by atoms with E-state index in [1.807, 2.05) is 10.6 Å². The first-order chi connectivity index (χ1) is 9.56. The molecule has 0 unspecified atom stereocenters. The summed E-state index contributed by atoms with van der Waals surface area (Å²) in [7, 11) is 0. The van der Waals surface area contributed by atoms with Crippen LogP contribution in [0.25, 0.3) is 16.7 Å². The topological polar surface area (TPSA) is 43.8 Å². The molecule has 0 radical (unpaired) electrons. The van der Waals surface area contributed by atoms with Crippen molar-refractivity contribution in [1.29, 1.82) is 0 Å². The van der Waals surface area contributed by atoms with Crippen molar-refractivity contribution in [2.45, 2.75) is 19.8 Å². The SMILES string of the molecule is CC(C)c1ccc(-n2c(N)nc3cc(I)ccc32)cc1. The van der Waals surface area contributed by atoms with Gasteiger partial charge in [-0.05, 0) is 64.4 Å². The Balaban J connectivity index is 2.16. The van der Waals surface area contributed by atoms with Crippen LogP contribution in [-0.2, 0) is 0 Å². The number of anilines is 1. The Labute approximate surface area is 132 Å². The van der Waals surface area contributed by atoms with Crippen LogP contribution < -0.4 is 5.73 Å².